The van der Waals surface area contributed by atoms with Crippen molar-refractivity contribution in [2.75, 3.05) is 26.4 Å². The molecule has 2 heterocycles. The highest BCUT2D eigenvalue weighted by Gasteiger charge is 2.26. The highest BCUT2D eigenvalue weighted by Crippen LogP contribution is 2.12. The number of phenols is 2. The van der Waals surface area contributed by atoms with Crippen LogP contribution in [0.15, 0.2) is 60.7 Å². The van der Waals surface area contributed by atoms with Gasteiger partial charge in [-0.3, -0.25) is 0 Å². The number of phenolic OH excluding ortho intramolecular Hbond substituents is 2. The standard InChI is InChI=1S/C6H10O3.2C6H6O.C3H8/c1(5-3-8-5)7-2-6-4-9-6;2*7-6-4-2-1-3-5-6;1-3-2/h5-6H,1-4H2;2*1-5,7H;3H2,1-2H3. The van der Waals surface area contributed by atoms with E-state index < -0.39 is 0 Å². The van der Waals surface area contributed by atoms with Crippen molar-refractivity contribution < 1.29 is 24.4 Å². The molecule has 26 heavy (non-hydrogen) atoms. The summed E-state index contributed by atoms with van der Waals surface area (Å²) in [5.41, 5.74) is 0. The Labute approximate surface area is 156 Å². The minimum absolute atomic E-state index is 0.322. The lowest BCUT2D eigenvalue weighted by molar-refractivity contribution is 0.102. The van der Waals surface area contributed by atoms with Crippen LogP contribution in [-0.2, 0) is 14.2 Å². The molecule has 0 bridgehead atoms. The molecular formula is C21H30O5. The van der Waals surface area contributed by atoms with E-state index in [9.17, 15) is 0 Å². The number of ether oxygens (including phenoxy) is 3. The number of para-hydroxylation sites is 2. The summed E-state index contributed by atoms with van der Waals surface area (Å²) in [6, 6.07) is 17.4. The van der Waals surface area contributed by atoms with Crippen LogP contribution in [0.3, 0.4) is 0 Å². The summed E-state index contributed by atoms with van der Waals surface area (Å²) in [5.74, 6) is 0.644. The zero-order valence-electron chi connectivity index (χ0n) is 15.6. The molecule has 0 aliphatic carbocycles. The Morgan fingerprint density at radius 1 is 0.769 bits per heavy atom. The van der Waals surface area contributed by atoms with Gasteiger partial charge in [0.15, 0.2) is 0 Å². The SMILES string of the molecule is C(OCC1CO1)C1CO1.CCC.Oc1ccccc1.Oc1ccccc1. The fourth-order valence-electron chi connectivity index (χ4n) is 1.52. The summed E-state index contributed by atoms with van der Waals surface area (Å²) < 4.78 is 15.1. The van der Waals surface area contributed by atoms with Gasteiger partial charge >= 0.3 is 0 Å². The van der Waals surface area contributed by atoms with Crippen molar-refractivity contribution in [1.82, 2.24) is 0 Å². The van der Waals surface area contributed by atoms with E-state index >= 15 is 0 Å². The van der Waals surface area contributed by atoms with Gasteiger partial charge in [-0.1, -0.05) is 56.7 Å². The molecule has 5 heteroatoms. The van der Waals surface area contributed by atoms with E-state index in [0.29, 0.717) is 23.7 Å². The Morgan fingerprint density at radius 2 is 1.08 bits per heavy atom. The van der Waals surface area contributed by atoms with Gasteiger partial charge < -0.3 is 24.4 Å². The van der Waals surface area contributed by atoms with Gasteiger partial charge in [-0.25, -0.2) is 0 Å². The number of aromatic hydroxyl groups is 2. The first kappa shape index (κ1) is 22.0. The van der Waals surface area contributed by atoms with Crippen LogP contribution in [0.1, 0.15) is 20.3 Å². The number of hydrogen-bond donors (Lipinski definition) is 2. The second-order valence-electron chi connectivity index (χ2n) is 5.83. The Bertz CT molecular complexity index is 489. The van der Waals surface area contributed by atoms with E-state index in [-0.39, 0.29) is 0 Å². The van der Waals surface area contributed by atoms with Gasteiger partial charge in [0.1, 0.15) is 23.7 Å². The number of benzene rings is 2. The largest absolute Gasteiger partial charge is 0.508 e. The average Bonchev–Trinajstić information content (AvgIpc) is 3.54. The maximum Gasteiger partial charge on any atom is 0.115 e. The maximum atomic E-state index is 8.63. The number of epoxide rings is 2. The van der Waals surface area contributed by atoms with Crippen molar-refractivity contribution in [2.24, 2.45) is 0 Å². The molecule has 2 fully saturated rings. The van der Waals surface area contributed by atoms with E-state index in [2.05, 4.69) is 13.8 Å². The van der Waals surface area contributed by atoms with E-state index in [1.807, 2.05) is 12.1 Å². The van der Waals surface area contributed by atoms with Gasteiger partial charge in [-0.2, -0.15) is 0 Å². The van der Waals surface area contributed by atoms with Gasteiger partial charge in [-0.05, 0) is 24.3 Å². The van der Waals surface area contributed by atoms with Crippen LogP contribution in [0, 0.1) is 0 Å². The number of rotatable bonds is 4. The van der Waals surface area contributed by atoms with Gasteiger partial charge in [0, 0.05) is 0 Å². The first-order chi connectivity index (χ1) is 12.7. The third kappa shape index (κ3) is 14.3. The Hall–Kier alpha value is -2.08. The highest BCUT2D eigenvalue weighted by molar-refractivity contribution is 5.19. The van der Waals surface area contributed by atoms with Gasteiger partial charge in [0.25, 0.3) is 0 Å². The lowest BCUT2D eigenvalue weighted by atomic mass is 10.3. The predicted octanol–water partition coefficient (Wildman–Crippen LogP) is 4.00. The Morgan fingerprint density at radius 3 is 1.27 bits per heavy atom. The monoisotopic (exact) mass is 362 g/mol. The summed E-state index contributed by atoms with van der Waals surface area (Å²) in [6.45, 7) is 7.51. The predicted molar refractivity (Wildman–Crippen MR) is 102 cm³/mol. The normalized spacial score (nSPS) is 18.7. The molecular weight excluding hydrogens is 332 g/mol. The summed E-state index contributed by atoms with van der Waals surface area (Å²) in [6.07, 6.45) is 2.03. The highest BCUT2D eigenvalue weighted by atomic mass is 16.6. The van der Waals surface area contributed by atoms with Crippen molar-refractivity contribution >= 4 is 0 Å². The van der Waals surface area contributed by atoms with E-state index in [1.54, 1.807) is 48.5 Å². The zero-order valence-corrected chi connectivity index (χ0v) is 15.6. The molecule has 2 saturated heterocycles. The average molecular weight is 362 g/mol. The summed E-state index contributed by atoms with van der Waals surface area (Å²) in [7, 11) is 0. The Balaban J connectivity index is 0.000000184. The molecule has 0 amide bonds. The van der Waals surface area contributed by atoms with E-state index in [0.717, 1.165) is 26.4 Å². The molecule has 2 unspecified atom stereocenters. The zero-order chi connectivity index (χ0) is 19.0. The minimum atomic E-state index is 0.322. The topological polar surface area (TPSA) is 74.8 Å². The van der Waals surface area contributed by atoms with Crippen LogP contribution in [0.2, 0.25) is 0 Å². The van der Waals surface area contributed by atoms with Gasteiger partial charge in [-0.15, -0.1) is 0 Å². The van der Waals surface area contributed by atoms with Crippen LogP contribution < -0.4 is 0 Å². The fraction of sp³-hybridized carbons (Fsp3) is 0.429. The second-order valence-corrected chi connectivity index (χ2v) is 5.83. The Kier molecular flexibility index (Phi) is 11.9. The van der Waals surface area contributed by atoms with Crippen LogP contribution in [0.4, 0.5) is 0 Å². The molecule has 0 radical (unpaired) electrons. The van der Waals surface area contributed by atoms with Crippen LogP contribution in [0.25, 0.3) is 0 Å². The quantitative estimate of drug-likeness (QED) is 0.804. The van der Waals surface area contributed by atoms with E-state index in [1.165, 1.54) is 6.42 Å². The van der Waals surface area contributed by atoms with Gasteiger partial charge in [0.05, 0.1) is 26.4 Å². The van der Waals surface area contributed by atoms with Crippen LogP contribution in [0.5, 0.6) is 11.5 Å². The lowest BCUT2D eigenvalue weighted by Gasteiger charge is -1.95. The molecule has 0 spiro atoms. The molecule has 2 atom stereocenters. The molecule has 4 rings (SSSR count). The van der Waals surface area contributed by atoms with Crippen molar-refractivity contribution in [1.29, 1.82) is 0 Å². The second kappa shape index (κ2) is 14.1. The molecule has 144 valence electrons. The molecule has 5 nitrogen and oxygen atoms in total. The molecule has 2 aromatic rings. The van der Waals surface area contributed by atoms with Gasteiger partial charge in [0.2, 0.25) is 0 Å². The smallest absolute Gasteiger partial charge is 0.115 e. The summed E-state index contributed by atoms with van der Waals surface area (Å²) in [5, 5.41) is 17.3. The van der Waals surface area contributed by atoms with E-state index in [4.69, 9.17) is 24.4 Å². The van der Waals surface area contributed by atoms with Crippen molar-refractivity contribution in [3.63, 3.8) is 0 Å². The molecule has 2 aromatic carbocycles. The third-order valence-electron chi connectivity index (χ3n) is 2.92. The first-order valence-electron chi connectivity index (χ1n) is 8.94. The first-order valence-corrected chi connectivity index (χ1v) is 8.94. The number of hydrogen-bond acceptors (Lipinski definition) is 5. The molecule has 2 aliphatic heterocycles. The maximum absolute atomic E-state index is 8.63. The summed E-state index contributed by atoms with van der Waals surface area (Å²) >= 11 is 0. The summed E-state index contributed by atoms with van der Waals surface area (Å²) in [4.78, 5) is 0. The molecule has 2 N–H and O–H groups in total. The van der Waals surface area contributed by atoms with Crippen molar-refractivity contribution in [3.8, 4) is 11.5 Å². The third-order valence-corrected chi connectivity index (χ3v) is 2.92. The minimum Gasteiger partial charge on any atom is -0.508 e. The van der Waals surface area contributed by atoms with Crippen molar-refractivity contribution in [3.05, 3.63) is 60.7 Å². The van der Waals surface area contributed by atoms with Crippen LogP contribution >= 0.6 is 0 Å². The fourth-order valence-corrected chi connectivity index (χ4v) is 1.52. The molecule has 2 aliphatic rings. The molecule has 0 aromatic heterocycles. The molecule has 0 saturated carbocycles. The lowest BCUT2D eigenvalue weighted by Crippen LogP contribution is -2.06. The van der Waals surface area contributed by atoms with Crippen molar-refractivity contribution in [2.45, 2.75) is 32.5 Å². The van der Waals surface area contributed by atoms with Crippen LogP contribution in [-0.4, -0.2) is 48.8 Å².